The highest BCUT2D eigenvalue weighted by Crippen LogP contribution is 2.37. The van der Waals surface area contributed by atoms with E-state index in [0.717, 1.165) is 61.9 Å². The average Bonchev–Trinajstić information content (AvgIpc) is 3.17. The predicted molar refractivity (Wildman–Crippen MR) is 216 cm³/mol. The quantitative estimate of drug-likeness (QED) is 0.145. The van der Waals surface area contributed by atoms with E-state index in [0.29, 0.717) is 5.56 Å². The highest BCUT2D eigenvalue weighted by atomic mass is 15.1. The molecule has 0 fully saturated rings. The first-order valence-electron chi connectivity index (χ1n) is 17.2. The van der Waals surface area contributed by atoms with E-state index in [4.69, 9.17) is 0 Å². The van der Waals surface area contributed by atoms with Gasteiger partial charge in [0.05, 0.1) is 11.6 Å². The van der Waals surface area contributed by atoms with Gasteiger partial charge >= 0.3 is 0 Å². The molecule has 0 atom stereocenters. The minimum atomic E-state index is 0.646. The van der Waals surface area contributed by atoms with Gasteiger partial charge in [-0.1, -0.05) is 114 Å². The molecule has 0 aromatic heterocycles. The van der Waals surface area contributed by atoms with Crippen LogP contribution in [0.1, 0.15) is 33.4 Å². The highest BCUT2D eigenvalue weighted by Gasteiger charge is 2.14. The molecule has 0 bridgehead atoms. The summed E-state index contributed by atoms with van der Waals surface area (Å²) in [5, 5.41) is 10.2. The van der Waals surface area contributed by atoms with Crippen LogP contribution in [0.3, 0.4) is 0 Å². The Morgan fingerprint density at radius 3 is 1.31 bits per heavy atom. The van der Waals surface area contributed by atoms with Crippen LogP contribution in [0.15, 0.2) is 170 Å². The van der Waals surface area contributed by atoms with E-state index in [-0.39, 0.29) is 0 Å². The molecule has 246 valence electrons. The third-order valence-electron chi connectivity index (χ3n) is 9.17. The number of benzene rings is 7. The molecule has 0 unspecified atom stereocenters. The van der Waals surface area contributed by atoms with Crippen LogP contribution in [-0.4, -0.2) is 0 Å². The van der Waals surface area contributed by atoms with Crippen molar-refractivity contribution in [1.29, 1.82) is 5.26 Å². The van der Waals surface area contributed by atoms with Crippen LogP contribution in [0.2, 0.25) is 0 Å². The van der Waals surface area contributed by atoms with Gasteiger partial charge in [-0.25, -0.2) is 0 Å². The Balaban J connectivity index is 1.14. The first kappa shape index (κ1) is 32.9. The van der Waals surface area contributed by atoms with E-state index in [1.165, 1.54) is 11.1 Å². The summed E-state index contributed by atoms with van der Waals surface area (Å²) in [6, 6.07) is 61.8. The van der Waals surface area contributed by atoms with Gasteiger partial charge in [-0.15, -0.1) is 0 Å². The zero-order valence-electron chi connectivity index (χ0n) is 29.2. The summed E-state index contributed by atoms with van der Waals surface area (Å²) >= 11 is 0. The normalized spacial score (nSPS) is 10.9. The fourth-order valence-electron chi connectivity index (χ4n) is 6.42. The summed E-state index contributed by atoms with van der Waals surface area (Å²) in [5.74, 6) is 0. The topological polar surface area (TPSA) is 30.3 Å². The summed E-state index contributed by atoms with van der Waals surface area (Å²) in [6.07, 6.45) is 4.13. The SMILES string of the molecule is Cc1ccc(N(c2ccc(C)cc2)c2ccc(C=Cc3cc(C)c(-c4ccc(N(c5ccccc5)c5ccccc5)cc4)cc3C#N)cc2)cc1. The monoisotopic (exact) mass is 657 g/mol. The lowest BCUT2D eigenvalue weighted by Gasteiger charge is -2.26. The van der Waals surface area contributed by atoms with Crippen molar-refractivity contribution < 1.29 is 0 Å². The number of nitriles is 1. The Hall–Kier alpha value is -6.63. The van der Waals surface area contributed by atoms with Gasteiger partial charge in [-0.2, -0.15) is 5.26 Å². The summed E-state index contributed by atoms with van der Waals surface area (Å²) in [4.78, 5) is 4.52. The lowest BCUT2D eigenvalue weighted by Crippen LogP contribution is -2.09. The van der Waals surface area contributed by atoms with Crippen LogP contribution in [0.25, 0.3) is 23.3 Å². The van der Waals surface area contributed by atoms with Crippen molar-refractivity contribution in [3.05, 3.63) is 203 Å². The number of rotatable bonds is 9. The van der Waals surface area contributed by atoms with Gasteiger partial charge < -0.3 is 9.80 Å². The molecule has 0 N–H and O–H groups in total. The maximum absolute atomic E-state index is 10.2. The number of para-hydroxylation sites is 2. The van der Waals surface area contributed by atoms with Crippen molar-refractivity contribution in [2.75, 3.05) is 9.80 Å². The largest absolute Gasteiger partial charge is 0.311 e. The first-order chi connectivity index (χ1) is 25.0. The lowest BCUT2D eigenvalue weighted by atomic mass is 9.94. The van der Waals surface area contributed by atoms with Crippen LogP contribution >= 0.6 is 0 Å². The van der Waals surface area contributed by atoms with Gasteiger partial charge in [0.15, 0.2) is 0 Å². The smallest absolute Gasteiger partial charge is 0.0998 e. The summed E-state index contributed by atoms with van der Waals surface area (Å²) in [5.41, 5.74) is 14.9. The van der Waals surface area contributed by atoms with Crippen molar-refractivity contribution in [2.45, 2.75) is 20.8 Å². The number of anilines is 6. The number of nitrogens with zero attached hydrogens (tertiary/aromatic N) is 3. The lowest BCUT2D eigenvalue weighted by molar-refractivity contribution is 1.27. The molecule has 0 amide bonds. The summed E-state index contributed by atoms with van der Waals surface area (Å²) < 4.78 is 0. The maximum atomic E-state index is 10.2. The molecule has 0 radical (unpaired) electrons. The number of hydrogen-bond acceptors (Lipinski definition) is 3. The molecule has 3 nitrogen and oxygen atoms in total. The molecule has 0 aliphatic rings. The first-order valence-corrected chi connectivity index (χ1v) is 17.2. The van der Waals surface area contributed by atoms with E-state index in [9.17, 15) is 5.26 Å². The van der Waals surface area contributed by atoms with Gasteiger partial charge in [-0.3, -0.25) is 0 Å². The van der Waals surface area contributed by atoms with Crippen molar-refractivity contribution in [3.8, 4) is 17.2 Å². The molecule has 0 saturated heterocycles. The van der Waals surface area contributed by atoms with Crippen molar-refractivity contribution in [2.24, 2.45) is 0 Å². The molecular formula is C48H39N3. The maximum Gasteiger partial charge on any atom is 0.0998 e. The molecule has 0 aliphatic heterocycles. The second-order valence-electron chi connectivity index (χ2n) is 12.9. The number of hydrogen-bond donors (Lipinski definition) is 0. The summed E-state index contributed by atoms with van der Waals surface area (Å²) in [6.45, 7) is 6.33. The third-order valence-corrected chi connectivity index (χ3v) is 9.17. The predicted octanol–water partition coefficient (Wildman–Crippen LogP) is 13.3. The minimum Gasteiger partial charge on any atom is -0.311 e. The van der Waals surface area contributed by atoms with Crippen molar-refractivity contribution >= 4 is 46.3 Å². The van der Waals surface area contributed by atoms with Crippen molar-refractivity contribution in [1.82, 2.24) is 0 Å². The molecule has 7 rings (SSSR count). The fraction of sp³-hybridized carbons (Fsp3) is 0.0625. The third kappa shape index (κ3) is 7.37. The van der Waals surface area contributed by atoms with Gasteiger partial charge in [0, 0.05) is 34.1 Å². The molecular weight excluding hydrogens is 619 g/mol. The molecule has 7 aromatic rings. The van der Waals surface area contributed by atoms with Gasteiger partial charge in [0.1, 0.15) is 0 Å². The zero-order valence-corrected chi connectivity index (χ0v) is 29.2. The van der Waals surface area contributed by atoms with E-state index in [1.807, 2.05) is 24.3 Å². The highest BCUT2D eigenvalue weighted by molar-refractivity contribution is 5.82. The molecule has 7 aromatic carbocycles. The van der Waals surface area contributed by atoms with E-state index in [2.05, 4.69) is 194 Å². The van der Waals surface area contributed by atoms with E-state index < -0.39 is 0 Å². The van der Waals surface area contributed by atoms with Crippen molar-refractivity contribution in [3.63, 3.8) is 0 Å². The minimum absolute atomic E-state index is 0.646. The molecule has 0 heterocycles. The van der Waals surface area contributed by atoms with Crippen LogP contribution in [0, 0.1) is 32.1 Å². The zero-order chi connectivity index (χ0) is 35.2. The standard InChI is InChI=1S/C48H39N3/c1-35-14-24-44(25-15-35)51(45-26-16-36(2)17-27-45)46-28-19-38(20-29-46)18-21-40-32-37(3)48(33-41(40)34-49)39-22-30-47(31-23-39)50(42-10-6-4-7-11-42)43-12-8-5-9-13-43/h4-33H,1-3H3. The Labute approximate surface area is 301 Å². The van der Waals surface area contributed by atoms with Gasteiger partial charge in [0.25, 0.3) is 0 Å². The second-order valence-corrected chi connectivity index (χ2v) is 12.9. The van der Waals surface area contributed by atoms with Crippen LogP contribution < -0.4 is 9.80 Å². The number of aryl methyl sites for hydroxylation is 3. The van der Waals surface area contributed by atoms with Gasteiger partial charge in [0.2, 0.25) is 0 Å². The average molecular weight is 658 g/mol. The Kier molecular flexibility index (Phi) is 9.59. The Morgan fingerprint density at radius 2 is 0.863 bits per heavy atom. The van der Waals surface area contributed by atoms with E-state index in [1.54, 1.807) is 0 Å². The fourth-order valence-corrected chi connectivity index (χ4v) is 6.42. The Bertz CT molecular complexity index is 2210. The molecule has 0 aliphatic carbocycles. The van der Waals surface area contributed by atoms with Crippen LogP contribution in [0.5, 0.6) is 0 Å². The van der Waals surface area contributed by atoms with Crippen LogP contribution in [-0.2, 0) is 0 Å². The molecule has 0 spiro atoms. The Morgan fingerprint density at radius 1 is 0.451 bits per heavy atom. The molecule has 3 heteroatoms. The van der Waals surface area contributed by atoms with E-state index >= 15 is 0 Å². The molecule has 0 saturated carbocycles. The summed E-state index contributed by atoms with van der Waals surface area (Å²) in [7, 11) is 0. The molecule has 51 heavy (non-hydrogen) atoms. The second kappa shape index (κ2) is 14.9. The van der Waals surface area contributed by atoms with Crippen LogP contribution in [0.4, 0.5) is 34.1 Å². The van der Waals surface area contributed by atoms with Gasteiger partial charge in [-0.05, 0) is 127 Å².